The van der Waals surface area contributed by atoms with Crippen LogP contribution in [0.25, 0.3) is 10.2 Å². The van der Waals surface area contributed by atoms with Crippen LogP contribution in [0.5, 0.6) is 0 Å². The number of thiophene rings is 1. The summed E-state index contributed by atoms with van der Waals surface area (Å²) in [5.41, 5.74) is 6.30. The van der Waals surface area contributed by atoms with Crippen LogP contribution < -0.4 is 11.3 Å². The number of aromatic amines is 1. The largest absolute Gasteiger partial charge is 0.337 e. The zero-order valence-electron chi connectivity index (χ0n) is 11.5. The molecule has 0 saturated heterocycles. The van der Waals surface area contributed by atoms with E-state index in [1.165, 1.54) is 16.2 Å². The number of H-pyrrole nitrogens is 1. The van der Waals surface area contributed by atoms with Crippen molar-refractivity contribution in [1.82, 2.24) is 14.9 Å². The smallest absolute Gasteiger partial charge is 0.268 e. The van der Waals surface area contributed by atoms with E-state index in [2.05, 4.69) is 9.97 Å². The normalized spacial score (nSPS) is 12.6. The fraction of sp³-hybridized carbons (Fsp3) is 0.462. The molecule has 108 valence electrons. The summed E-state index contributed by atoms with van der Waals surface area (Å²) in [4.78, 5) is 32.4. The molecule has 2 rings (SSSR count). The second-order valence-corrected chi connectivity index (χ2v) is 5.65. The number of hydrogen-bond acceptors (Lipinski definition) is 5. The van der Waals surface area contributed by atoms with Crippen LogP contribution in [-0.2, 0) is 11.3 Å². The number of carbonyl (C=O) groups is 1. The summed E-state index contributed by atoms with van der Waals surface area (Å²) in [6.45, 7) is 2.23. The highest BCUT2D eigenvalue weighted by molar-refractivity contribution is 7.17. The molecule has 2 aromatic heterocycles. The van der Waals surface area contributed by atoms with Gasteiger partial charge in [0.2, 0.25) is 5.91 Å². The number of nitrogens with zero attached hydrogens (tertiary/aromatic N) is 2. The molecule has 0 bridgehead atoms. The summed E-state index contributed by atoms with van der Waals surface area (Å²) in [5, 5.41) is 1.82. The molecule has 0 fully saturated rings. The van der Waals surface area contributed by atoms with Gasteiger partial charge < -0.3 is 15.6 Å². The van der Waals surface area contributed by atoms with Gasteiger partial charge in [-0.3, -0.25) is 9.59 Å². The van der Waals surface area contributed by atoms with Gasteiger partial charge in [-0.25, -0.2) is 4.98 Å². The van der Waals surface area contributed by atoms with Gasteiger partial charge in [0.15, 0.2) is 0 Å². The van der Waals surface area contributed by atoms with Crippen molar-refractivity contribution in [1.29, 1.82) is 0 Å². The average molecular weight is 294 g/mol. The van der Waals surface area contributed by atoms with Crippen molar-refractivity contribution in [2.75, 3.05) is 7.05 Å². The second-order valence-electron chi connectivity index (χ2n) is 4.74. The lowest BCUT2D eigenvalue weighted by Gasteiger charge is -2.20. The van der Waals surface area contributed by atoms with Crippen LogP contribution in [0.3, 0.4) is 0 Å². The van der Waals surface area contributed by atoms with Gasteiger partial charge in [-0.15, -0.1) is 11.3 Å². The predicted octanol–water partition coefficient (Wildman–Crippen LogP) is 1.07. The van der Waals surface area contributed by atoms with E-state index in [0.717, 1.165) is 6.42 Å². The van der Waals surface area contributed by atoms with Crippen molar-refractivity contribution in [2.24, 2.45) is 5.73 Å². The highest BCUT2D eigenvalue weighted by Crippen LogP contribution is 2.14. The molecule has 2 aromatic rings. The minimum atomic E-state index is -0.499. The molecule has 7 heteroatoms. The van der Waals surface area contributed by atoms with Crippen LogP contribution in [0.4, 0.5) is 0 Å². The van der Waals surface area contributed by atoms with Crippen molar-refractivity contribution in [3.63, 3.8) is 0 Å². The summed E-state index contributed by atoms with van der Waals surface area (Å²) in [7, 11) is 1.66. The van der Waals surface area contributed by atoms with Crippen LogP contribution in [0.15, 0.2) is 16.2 Å². The molecule has 0 aliphatic carbocycles. The SMILES string of the molecule is CCC[C@H](N)C(=O)N(C)Cc1nc2ccsc2c(=O)[nH]1. The summed E-state index contributed by atoms with van der Waals surface area (Å²) >= 11 is 1.35. The van der Waals surface area contributed by atoms with E-state index >= 15 is 0 Å². The zero-order chi connectivity index (χ0) is 14.7. The third-order valence-electron chi connectivity index (χ3n) is 3.04. The van der Waals surface area contributed by atoms with E-state index in [4.69, 9.17) is 5.73 Å². The number of nitrogens with two attached hydrogens (primary N) is 1. The number of nitrogens with one attached hydrogen (secondary N) is 1. The van der Waals surface area contributed by atoms with Gasteiger partial charge in [0.1, 0.15) is 10.5 Å². The zero-order valence-corrected chi connectivity index (χ0v) is 12.4. The number of likely N-dealkylation sites (N-methyl/N-ethyl adjacent to an activating group) is 1. The first-order valence-corrected chi connectivity index (χ1v) is 7.37. The van der Waals surface area contributed by atoms with Crippen LogP contribution in [-0.4, -0.2) is 33.9 Å². The van der Waals surface area contributed by atoms with Gasteiger partial charge >= 0.3 is 0 Å². The standard InChI is InChI=1S/C13H18N4O2S/c1-3-4-8(14)13(19)17(2)7-10-15-9-5-6-20-11(9)12(18)16-10/h5-6,8H,3-4,7,14H2,1-2H3,(H,15,16,18)/t8-/m0/s1. The Balaban J connectivity index is 2.15. The van der Waals surface area contributed by atoms with Crippen LogP contribution in [0.2, 0.25) is 0 Å². The van der Waals surface area contributed by atoms with Crippen LogP contribution in [0, 0.1) is 0 Å². The highest BCUT2D eigenvalue weighted by atomic mass is 32.1. The number of fused-ring (bicyclic) bond motifs is 1. The molecule has 0 spiro atoms. The maximum atomic E-state index is 12.0. The highest BCUT2D eigenvalue weighted by Gasteiger charge is 2.18. The number of carbonyl (C=O) groups excluding carboxylic acids is 1. The molecule has 6 nitrogen and oxygen atoms in total. The van der Waals surface area contributed by atoms with E-state index < -0.39 is 6.04 Å². The Hall–Kier alpha value is -1.73. The molecule has 20 heavy (non-hydrogen) atoms. The fourth-order valence-corrected chi connectivity index (χ4v) is 2.74. The Morgan fingerprint density at radius 2 is 2.35 bits per heavy atom. The van der Waals surface area contributed by atoms with Crippen molar-refractivity contribution in [2.45, 2.75) is 32.4 Å². The third-order valence-corrected chi connectivity index (χ3v) is 3.95. The molecular formula is C13H18N4O2S. The summed E-state index contributed by atoms with van der Waals surface area (Å²) in [6, 6.07) is 1.30. The van der Waals surface area contributed by atoms with E-state index in [1.807, 2.05) is 12.3 Å². The first-order valence-electron chi connectivity index (χ1n) is 6.50. The first-order chi connectivity index (χ1) is 9.52. The molecule has 0 aliphatic rings. The Labute approximate surface area is 120 Å². The van der Waals surface area contributed by atoms with Gasteiger partial charge in [-0.05, 0) is 17.9 Å². The fourth-order valence-electron chi connectivity index (χ4n) is 2.02. The molecule has 0 unspecified atom stereocenters. The van der Waals surface area contributed by atoms with E-state index in [9.17, 15) is 9.59 Å². The average Bonchev–Trinajstić information content (AvgIpc) is 2.86. The quantitative estimate of drug-likeness (QED) is 0.862. The second kappa shape index (κ2) is 6.15. The van der Waals surface area contributed by atoms with Crippen molar-refractivity contribution in [3.05, 3.63) is 27.6 Å². The molecule has 0 radical (unpaired) electrons. The molecule has 0 aromatic carbocycles. The lowest BCUT2D eigenvalue weighted by molar-refractivity contribution is -0.132. The Bertz CT molecular complexity index is 664. The Kier molecular flexibility index (Phi) is 4.51. The molecule has 2 heterocycles. The first kappa shape index (κ1) is 14.7. The van der Waals surface area contributed by atoms with E-state index in [0.29, 0.717) is 22.5 Å². The van der Waals surface area contributed by atoms with Gasteiger partial charge in [-0.2, -0.15) is 0 Å². The van der Waals surface area contributed by atoms with Gasteiger partial charge in [0.05, 0.1) is 18.1 Å². The van der Waals surface area contributed by atoms with Crippen molar-refractivity contribution >= 4 is 27.5 Å². The lowest BCUT2D eigenvalue weighted by atomic mass is 10.1. The van der Waals surface area contributed by atoms with Crippen molar-refractivity contribution in [3.8, 4) is 0 Å². The minimum Gasteiger partial charge on any atom is -0.337 e. The summed E-state index contributed by atoms with van der Waals surface area (Å²) in [5.74, 6) is 0.334. The number of aromatic nitrogens is 2. The van der Waals surface area contributed by atoms with Crippen molar-refractivity contribution < 1.29 is 4.79 Å². The number of hydrogen-bond donors (Lipinski definition) is 2. The number of rotatable bonds is 5. The molecule has 3 N–H and O–H groups in total. The molecule has 1 amide bonds. The monoisotopic (exact) mass is 294 g/mol. The van der Waals surface area contributed by atoms with Crippen LogP contribution in [0.1, 0.15) is 25.6 Å². The molecule has 0 saturated carbocycles. The summed E-state index contributed by atoms with van der Waals surface area (Å²) < 4.78 is 0.602. The van der Waals surface area contributed by atoms with Crippen LogP contribution >= 0.6 is 11.3 Å². The Morgan fingerprint density at radius 3 is 3.05 bits per heavy atom. The van der Waals surface area contributed by atoms with E-state index in [-0.39, 0.29) is 18.0 Å². The molecule has 0 aliphatic heterocycles. The number of amides is 1. The van der Waals surface area contributed by atoms with E-state index in [1.54, 1.807) is 13.1 Å². The third kappa shape index (κ3) is 3.05. The van der Waals surface area contributed by atoms with Gasteiger partial charge in [-0.1, -0.05) is 13.3 Å². The Morgan fingerprint density at radius 1 is 1.60 bits per heavy atom. The molecule has 1 atom stereocenters. The predicted molar refractivity (Wildman–Crippen MR) is 79.6 cm³/mol. The topological polar surface area (TPSA) is 92.1 Å². The lowest BCUT2D eigenvalue weighted by Crippen LogP contribution is -2.41. The van der Waals surface area contributed by atoms with Gasteiger partial charge in [0, 0.05) is 7.05 Å². The minimum absolute atomic E-state index is 0.139. The van der Waals surface area contributed by atoms with Gasteiger partial charge in [0.25, 0.3) is 5.56 Å². The maximum absolute atomic E-state index is 12.0. The maximum Gasteiger partial charge on any atom is 0.268 e. The molecular weight excluding hydrogens is 276 g/mol. The summed E-state index contributed by atoms with van der Waals surface area (Å²) in [6.07, 6.45) is 1.51.